The summed E-state index contributed by atoms with van der Waals surface area (Å²) in [5, 5.41) is 0. The molecule has 0 aromatic heterocycles. The largest absolute Gasteiger partial charge is 0.463 e. The van der Waals surface area contributed by atoms with Crippen LogP contribution in [0.25, 0.3) is 0 Å². The number of hydrogen-bond donors (Lipinski definition) is 0. The number of carbonyl (C=O) groups is 2. The fourth-order valence-corrected chi connectivity index (χ4v) is 1.98. The van der Waals surface area contributed by atoms with Crippen LogP contribution >= 0.6 is 0 Å². The zero-order valence-corrected chi connectivity index (χ0v) is 13.9. The fraction of sp³-hybridized carbons (Fsp3) is 0.714. The molecule has 0 aliphatic rings. The standard InChI is InChI=1S/C14H26O5Si/c1-5-18-14(16)8-6-7-13(11-15)19-12-17-9-10-20(2,3)4/h6,8,11,13H,5,7,9-10,12H2,1-4H3/b8-6+/t13-/m0/s1. The van der Waals surface area contributed by atoms with Crippen LogP contribution in [0.5, 0.6) is 0 Å². The first-order chi connectivity index (χ1) is 9.39. The lowest BCUT2D eigenvalue weighted by Crippen LogP contribution is -2.23. The Morgan fingerprint density at radius 2 is 2.00 bits per heavy atom. The van der Waals surface area contributed by atoms with Crippen LogP contribution in [0.4, 0.5) is 0 Å². The molecule has 1 atom stereocenters. The van der Waals surface area contributed by atoms with Gasteiger partial charge in [-0.1, -0.05) is 25.7 Å². The van der Waals surface area contributed by atoms with Gasteiger partial charge in [-0.15, -0.1) is 0 Å². The highest BCUT2D eigenvalue weighted by atomic mass is 28.3. The number of rotatable bonds is 11. The molecule has 0 aromatic rings. The Morgan fingerprint density at radius 3 is 2.55 bits per heavy atom. The molecular weight excluding hydrogens is 276 g/mol. The van der Waals surface area contributed by atoms with Crippen molar-refractivity contribution in [3.63, 3.8) is 0 Å². The zero-order valence-electron chi connectivity index (χ0n) is 12.9. The molecule has 0 rings (SSSR count). The third kappa shape index (κ3) is 12.1. The maximum atomic E-state index is 11.0. The number of esters is 1. The Bertz CT molecular complexity index is 309. The summed E-state index contributed by atoms with van der Waals surface area (Å²) in [5.74, 6) is -0.413. The van der Waals surface area contributed by atoms with Crippen LogP contribution in [0.15, 0.2) is 12.2 Å². The van der Waals surface area contributed by atoms with Crippen molar-refractivity contribution >= 4 is 20.3 Å². The topological polar surface area (TPSA) is 61.8 Å². The smallest absolute Gasteiger partial charge is 0.330 e. The third-order valence-electron chi connectivity index (χ3n) is 2.42. The van der Waals surface area contributed by atoms with Crippen LogP contribution in [-0.2, 0) is 23.8 Å². The van der Waals surface area contributed by atoms with Gasteiger partial charge in [0.05, 0.1) is 6.61 Å². The SMILES string of the molecule is CCOC(=O)/C=C/C[C@@H](C=O)OCOCC[Si](C)(C)C. The number of carbonyl (C=O) groups excluding carboxylic acids is 2. The van der Waals surface area contributed by atoms with Gasteiger partial charge >= 0.3 is 5.97 Å². The summed E-state index contributed by atoms with van der Waals surface area (Å²) in [4.78, 5) is 21.9. The monoisotopic (exact) mass is 302 g/mol. The molecule has 5 nitrogen and oxygen atoms in total. The predicted molar refractivity (Wildman–Crippen MR) is 80.3 cm³/mol. The minimum Gasteiger partial charge on any atom is -0.463 e. The van der Waals surface area contributed by atoms with Crippen molar-refractivity contribution in [1.82, 2.24) is 0 Å². The first kappa shape index (κ1) is 19.0. The van der Waals surface area contributed by atoms with E-state index < -0.39 is 20.1 Å². The molecule has 6 heteroatoms. The van der Waals surface area contributed by atoms with Crippen LogP contribution in [0.3, 0.4) is 0 Å². The molecular formula is C14H26O5Si. The molecule has 0 aromatic carbocycles. The van der Waals surface area contributed by atoms with Gasteiger partial charge in [-0.25, -0.2) is 4.79 Å². The maximum absolute atomic E-state index is 11.0. The van der Waals surface area contributed by atoms with E-state index in [0.29, 0.717) is 25.9 Å². The number of hydrogen-bond acceptors (Lipinski definition) is 5. The molecule has 0 heterocycles. The quantitative estimate of drug-likeness (QED) is 0.146. The lowest BCUT2D eigenvalue weighted by atomic mass is 10.2. The van der Waals surface area contributed by atoms with Crippen LogP contribution in [0, 0.1) is 0 Å². The van der Waals surface area contributed by atoms with Crippen molar-refractivity contribution in [1.29, 1.82) is 0 Å². The van der Waals surface area contributed by atoms with E-state index in [9.17, 15) is 9.59 Å². The highest BCUT2D eigenvalue weighted by Gasteiger charge is 2.12. The molecule has 116 valence electrons. The van der Waals surface area contributed by atoms with Crippen molar-refractivity contribution < 1.29 is 23.8 Å². The lowest BCUT2D eigenvalue weighted by Gasteiger charge is -2.16. The van der Waals surface area contributed by atoms with Crippen LogP contribution < -0.4 is 0 Å². The molecule has 0 aliphatic heterocycles. The van der Waals surface area contributed by atoms with E-state index in [1.807, 2.05) is 0 Å². The normalized spacial score (nSPS) is 13.4. The highest BCUT2D eigenvalue weighted by molar-refractivity contribution is 6.76. The van der Waals surface area contributed by atoms with E-state index in [0.717, 1.165) is 6.04 Å². The van der Waals surface area contributed by atoms with Gasteiger partial charge in [0, 0.05) is 20.8 Å². The van der Waals surface area contributed by atoms with Crippen molar-refractivity contribution in [3.05, 3.63) is 12.2 Å². The van der Waals surface area contributed by atoms with E-state index in [1.54, 1.807) is 13.0 Å². The average molecular weight is 302 g/mol. The second-order valence-electron chi connectivity index (χ2n) is 5.57. The first-order valence-corrected chi connectivity index (χ1v) is 10.6. The van der Waals surface area contributed by atoms with Gasteiger partial charge in [0.1, 0.15) is 19.2 Å². The lowest BCUT2D eigenvalue weighted by molar-refractivity contribution is -0.137. The summed E-state index contributed by atoms with van der Waals surface area (Å²) in [6, 6.07) is 1.06. The Balaban J connectivity index is 3.77. The van der Waals surface area contributed by atoms with Gasteiger partial charge in [0.15, 0.2) is 0 Å². The molecule has 0 bridgehead atoms. The minimum atomic E-state index is -1.10. The molecule has 0 amide bonds. The van der Waals surface area contributed by atoms with Gasteiger partial charge in [0.25, 0.3) is 0 Å². The summed E-state index contributed by atoms with van der Waals surface area (Å²) in [6.07, 6.45) is 3.32. The molecule has 0 aliphatic carbocycles. The Morgan fingerprint density at radius 1 is 1.30 bits per heavy atom. The molecule has 20 heavy (non-hydrogen) atoms. The van der Waals surface area contributed by atoms with Crippen LogP contribution in [-0.4, -0.2) is 46.4 Å². The van der Waals surface area contributed by atoms with Gasteiger partial charge in [-0.05, 0) is 19.4 Å². The van der Waals surface area contributed by atoms with Crippen molar-refractivity contribution in [2.24, 2.45) is 0 Å². The van der Waals surface area contributed by atoms with Gasteiger partial charge in [0.2, 0.25) is 0 Å². The number of aldehydes is 1. The Kier molecular flexibility index (Phi) is 10.2. The molecule has 0 radical (unpaired) electrons. The number of ether oxygens (including phenoxy) is 3. The minimum absolute atomic E-state index is 0.0983. The fourth-order valence-electron chi connectivity index (χ4n) is 1.22. The molecule has 0 fully saturated rings. The van der Waals surface area contributed by atoms with Crippen LogP contribution in [0.1, 0.15) is 13.3 Å². The maximum Gasteiger partial charge on any atom is 0.330 e. The molecule has 0 saturated carbocycles. The second kappa shape index (κ2) is 10.8. The molecule has 0 saturated heterocycles. The first-order valence-electron chi connectivity index (χ1n) is 6.87. The molecule has 0 unspecified atom stereocenters. The summed E-state index contributed by atoms with van der Waals surface area (Å²) in [7, 11) is -1.10. The van der Waals surface area contributed by atoms with E-state index in [-0.39, 0.29) is 6.79 Å². The predicted octanol–water partition coefficient (Wildman–Crippen LogP) is 2.39. The van der Waals surface area contributed by atoms with E-state index in [2.05, 4.69) is 19.6 Å². The zero-order chi connectivity index (χ0) is 15.4. The van der Waals surface area contributed by atoms with Crippen molar-refractivity contribution in [3.8, 4) is 0 Å². The van der Waals surface area contributed by atoms with Gasteiger partial charge in [-0.2, -0.15) is 0 Å². The summed E-state index contributed by atoms with van der Waals surface area (Å²) in [6.45, 7) is 9.63. The van der Waals surface area contributed by atoms with E-state index in [4.69, 9.17) is 14.2 Å². The second-order valence-corrected chi connectivity index (χ2v) is 11.2. The Labute approximate surface area is 122 Å². The van der Waals surface area contributed by atoms with E-state index >= 15 is 0 Å². The van der Waals surface area contributed by atoms with Crippen LogP contribution in [0.2, 0.25) is 25.7 Å². The molecule has 0 spiro atoms. The highest BCUT2D eigenvalue weighted by Crippen LogP contribution is 2.07. The average Bonchev–Trinajstić information content (AvgIpc) is 2.35. The summed E-state index contributed by atoms with van der Waals surface area (Å²) in [5.41, 5.74) is 0. The van der Waals surface area contributed by atoms with E-state index in [1.165, 1.54) is 6.08 Å². The third-order valence-corrected chi connectivity index (χ3v) is 4.13. The Hall–Kier alpha value is -0.983. The van der Waals surface area contributed by atoms with Gasteiger partial charge < -0.3 is 19.0 Å². The van der Waals surface area contributed by atoms with Crippen molar-refractivity contribution in [2.45, 2.75) is 45.1 Å². The summed E-state index contributed by atoms with van der Waals surface area (Å²) < 4.78 is 15.3. The van der Waals surface area contributed by atoms with Crippen molar-refractivity contribution in [2.75, 3.05) is 20.0 Å². The molecule has 0 N–H and O–H groups in total. The van der Waals surface area contributed by atoms with Gasteiger partial charge in [-0.3, -0.25) is 0 Å². The summed E-state index contributed by atoms with van der Waals surface area (Å²) >= 11 is 0.